The average Bonchev–Trinajstić information content (AvgIpc) is 2.68. The van der Waals surface area contributed by atoms with Gasteiger partial charge in [-0.2, -0.15) is 0 Å². The molecule has 1 aliphatic heterocycles. The second kappa shape index (κ2) is 7.94. The Kier molecular flexibility index (Phi) is 5.45. The van der Waals surface area contributed by atoms with Crippen molar-refractivity contribution in [1.82, 2.24) is 19.8 Å². The Balaban J connectivity index is 1.65. The molecule has 1 saturated heterocycles. The van der Waals surface area contributed by atoms with Crippen LogP contribution in [0.3, 0.4) is 0 Å². The van der Waals surface area contributed by atoms with Crippen molar-refractivity contribution in [2.75, 3.05) is 45.2 Å². The minimum atomic E-state index is -0.0143. The van der Waals surface area contributed by atoms with Gasteiger partial charge in [0.25, 0.3) is 5.91 Å². The number of anilines is 2. The summed E-state index contributed by atoms with van der Waals surface area (Å²) in [6.45, 7) is 6.47. The zero-order valence-corrected chi connectivity index (χ0v) is 14.6. The maximum Gasteiger partial charge on any atom is 0.257 e. The number of likely N-dealkylation sites (N-methyl/N-ethyl adjacent to an activating group) is 1. The molecule has 2 aromatic rings. The number of nitrogens with one attached hydrogen (secondary N) is 1. The van der Waals surface area contributed by atoms with Crippen molar-refractivity contribution in [3.8, 4) is 5.75 Å². The normalized spacial score (nSPS) is 15.0. The van der Waals surface area contributed by atoms with Crippen molar-refractivity contribution in [2.45, 2.75) is 6.92 Å². The Hall–Kier alpha value is -2.67. The van der Waals surface area contributed by atoms with Crippen LogP contribution >= 0.6 is 0 Å². The van der Waals surface area contributed by atoms with E-state index >= 15 is 0 Å². The molecule has 0 spiro atoms. The van der Waals surface area contributed by atoms with Gasteiger partial charge in [0.15, 0.2) is 0 Å². The van der Waals surface area contributed by atoms with E-state index in [1.165, 1.54) is 0 Å². The van der Waals surface area contributed by atoms with Gasteiger partial charge in [0, 0.05) is 38.6 Å². The highest BCUT2D eigenvalue weighted by atomic mass is 16.5. The molecule has 0 aliphatic carbocycles. The molecule has 132 valence electrons. The number of amides is 1. The minimum Gasteiger partial charge on any atom is -0.495 e. The number of benzene rings is 1. The van der Waals surface area contributed by atoms with Gasteiger partial charge in [-0.05, 0) is 18.7 Å². The summed E-state index contributed by atoms with van der Waals surface area (Å²) in [5.74, 6) is 1.12. The second-order valence-electron chi connectivity index (χ2n) is 5.85. The van der Waals surface area contributed by atoms with E-state index in [9.17, 15) is 4.79 Å². The summed E-state index contributed by atoms with van der Waals surface area (Å²) in [7, 11) is 1.61. The first kappa shape index (κ1) is 17.2. The van der Waals surface area contributed by atoms with Gasteiger partial charge in [-0.25, -0.2) is 9.97 Å². The highest BCUT2D eigenvalue weighted by molar-refractivity contribution is 5.93. The molecule has 7 nitrogen and oxygen atoms in total. The number of carbonyl (C=O) groups excluding carboxylic acids is 1. The number of hydrogen-bond donors (Lipinski definition) is 1. The van der Waals surface area contributed by atoms with Crippen LogP contribution in [0.1, 0.15) is 17.3 Å². The Labute approximate surface area is 147 Å². The number of piperazine rings is 1. The Morgan fingerprint density at radius 1 is 1.16 bits per heavy atom. The first-order valence-electron chi connectivity index (χ1n) is 8.45. The molecule has 1 amide bonds. The maximum atomic E-state index is 12.6. The molecule has 1 N–H and O–H groups in total. The summed E-state index contributed by atoms with van der Waals surface area (Å²) < 4.78 is 5.29. The highest BCUT2D eigenvalue weighted by Crippen LogP contribution is 2.25. The van der Waals surface area contributed by atoms with Gasteiger partial charge in [-0.1, -0.05) is 19.1 Å². The van der Waals surface area contributed by atoms with Crippen LogP contribution in [0.5, 0.6) is 5.75 Å². The zero-order chi connectivity index (χ0) is 17.6. The van der Waals surface area contributed by atoms with Gasteiger partial charge in [-0.3, -0.25) is 4.79 Å². The first-order chi connectivity index (χ1) is 12.2. The monoisotopic (exact) mass is 341 g/mol. The maximum absolute atomic E-state index is 12.6. The van der Waals surface area contributed by atoms with E-state index in [2.05, 4.69) is 27.1 Å². The number of methoxy groups -OCH3 is 1. The zero-order valence-electron chi connectivity index (χ0n) is 14.6. The van der Waals surface area contributed by atoms with Crippen LogP contribution < -0.4 is 10.1 Å². The van der Waals surface area contributed by atoms with Gasteiger partial charge in [0.2, 0.25) is 5.95 Å². The van der Waals surface area contributed by atoms with E-state index < -0.39 is 0 Å². The van der Waals surface area contributed by atoms with Crippen molar-refractivity contribution in [2.24, 2.45) is 0 Å². The molecular weight excluding hydrogens is 318 g/mol. The summed E-state index contributed by atoms with van der Waals surface area (Å²) in [5.41, 5.74) is 1.29. The van der Waals surface area contributed by atoms with E-state index in [4.69, 9.17) is 4.74 Å². The molecule has 1 fully saturated rings. The fraction of sp³-hybridized carbons (Fsp3) is 0.389. The number of nitrogens with zero attached hydrogens (tertiary/aromatic N) is 4. The molecule has 0 unspecified atom stereocenters. The van der Waals surface area contributed by atoms with Gasteiger partial charge in [-0.15, -0.1) is 0 Å². The van der Waals surface area contributed by atoms with E-state index in [1.54, 1.807) is 19.5 Å². The molecule has 2 heterocycles. The number of aromatic nitrogens is 2. The quantitative estimate of drug-likeness (QED) is 0.897. The predicted octanol–water partition coefficient (Wildman–Crippen LogP) is 2.01. The molecule has 1 aliphatic rings. The predicted molar refractivity (Wildman–Crippen MR) is 96.3 cm³/mol. The van der Waals surface area contributed by atoms with Gasteiger partial charge in [0.05, 0.1) is 18.4 Å². The third-order valence-corrected chi connectivity index (χ3v) is 4.36. The van der Waals surface area contributed by atoms with Crippen LogP contribution in [0.25, 0.3) is 0 Å². The first-order valence-corrected chi connectivity index (χ1v) is 8.45. The molecule has 1 aromatic heterocycles. The summed E-state index contributed by atoms with van der Waals surface area (Å²) in [4.78, 5) is 25.3. The lowest BCUT2D eigenvalue weighted by atomic mass is 10.2. The highest BCUT2D eigenvalue weighted by Gasteiger charge is 2.21. The third-order valence-electron chi connectivity index (χ3n) is 4.36. The summed E-state index contributed by atoms with van der Waals surface area (Å²) in [5, 5.41) is 3.10. The van der Waals surface area contributed by atoms with Crippen LogP contribution in [0.15, 0.2) is 36.7 Å². The Morgan fingerprint density at radius 3 is 2.48 bits per heavy atom. The standard InChI is InChI=1S/C18H23N5O2/c1-3-22-8-10-23(11-9-22)17(24)14-12-19-18(20-13-14)21-15-6-4-5-7-16(15)25-2/h4-7,12-13H,3,8-11H2,1-2H3,(H,19,20,21). The van der Waals surface area contributed by atoms with Crippen molar-refractivity contribution in [3.63, 3.8) is 0 Å². The Bertz CT molecular complexity index is 712. The number of carbonyl (C=O) groups is 1. The molecule has 0 radical (unpaired) electrons. The minimum absolute atomic E-state index is 0.0143. The van der Waals surface area contributed by atoms with Crippen molar-refractivity contribution < 1.29 is 9.53 Å². The lowest BCUT2D eigenvalue weighted by Crippen LogP contribution is -2.48. The topological polar surface area (TPSA) is 70.6 Å². The molecule has 3 rings (SSSR count). The van der Waals surface area contributed by atoms with Crippen LogP contribution in [0, 0.1) is 0 Å². The lowest BCUT2D eigenvalue weighted by Gasteiger charge is -2.33. The van der Waals surface area contributed by atoms with Crippen LogP contribution in [-0.4, -0.2) is 65.5 Å². The van der Waals surface area contributed by atoms with Crippen molar-refractivity contribution in [3.05, 3.63) is 42.2 Å². The lowest BCUT2D eigenvalue weighted by molar-refractivity contribution is 0.0642. The summed E-state index contributed by atoms with van der Waals surface area (Å²) in [6.07, 6.45) is 3.14. The third kappa shape index (κ3) is 4.06. The fourth-order valence-electron chi connectivity index (χ4n) is 2.82. The number of ether oxygens (including phenoxy) is 1. The van der Waals surface area contributed by atoms with Gasteiger partial charge in [0.1, 0.15) is 5.75 Å². The van der Waals surface area contributed by atoms with Gasteiger partial charge < -0.3 is 19.9 Å². The second-order valence-corrected chi connectivity index (χ2v) is 5.85. The number of rotatable bonds is 5. The largest absolute Gasteiger partial charge is 0.495 e. The van der Waals surface area contributed by atoms with Crippen LogP contribution in [-0.2, 0) is 0 Å². The van der Waals surface area contributed by atoms with E-state index in [0.717, 1.165) is 38.4 Å². The van der Waals surface area contributed by atoms with Crippen molar-refractivity contribution in [1.29, 1.82) is 0 Å². The Morgan fingerprint density at radius 2 is 1.84 bits per heavy atom. The molecular formula is C18H23N5O2. The molecule has 0 saturated carbocycles. The van der Waals surface area contributed by atoms with E-state index in [0.29, 0.717) is 17.3 Å². The average molecular weight is 341 g/mol. The smallest absolute Gasteiger partial charge is 0.257 e. The molecule has 25 heavy (non-hydrogen) atoms. The molecule has 0 atom stereocenters. The number of hydrogen-bond acceptors (Lipinski definition) is 6. The molecule has 7 heteroatoms. The summed E-state index contributed by atoms with van der Waals surface area (Å²) >= 11 is 0. The number of para-hydroxylation sites is 2. The SMILES string of the molecule is CCN1CCN(C(=O)c2cnc(Nc3ccccc3OC)nc2)CC1. The summed E-state index contributed by atoms with van der Waals surface area (Å²) in [6, 6.07) is 7.54. The van der Waals surface area contributed by atoms with Crippen LogP contribution in [0.4, 0.5) is 11.6 Å². The van der Waals surface area contributed by atoms with E-state index in [-0.39, 0.29) is 5.91 Å². The van der Waals surface area contributed by atoms with E-state index in [1.807, 2.05) is 29.2 Å². The van der Waals surface area contributed by atoms with Crippen molar-refractivity contribution >= 4 is 17.5 Å². The molecule has 1 aromatic carbocycles. The fourth-order valence-corrected chi connectivity index (χ4v) is 2.82. The van der Waals surface area contributed by atoms with Gasteiger partial charge >= 0.3 is 0 Å². The molecule has 0 bridgehead atoms. The van der Waals surface area contributed by atoms with Crippen LogP contribution in [0.2, 0.25) is 0 Å².